The molecule has 1 fully saturated rings. The molecule has 0 radical (unpaired) electrons. The number of unbranched alkanes of at least 4 members (excludes halogenated alkanes) is 1. The van der Waals surface area contributed by atoms with Crippen LogP contribution in [0.3, 0.4) is 0 Å². The predicted molar refractivity (Wildman–Crippen MR) is 105 cm³/mol. The average molecular weight is 424 g/mol. The fourth-order valence-electron chi connectivity index (χ4n) is 2.24. The second kappa shape index (κ2) is 10.5. The number of hydrogen-bond acceptors (Lipinski definition) is 5. The molecule has 1 aliphatic carbocycles. The van der Waals surface area contributed by atoms with Crippen LogP contribution in [0.5, 0.6) is 0 Å². The van der Waals surface area contributed by atoms with Crippen molar-refractivity contribution in [3.63, 3.8) is 0 Å². The van der Waals surface area contributed by atoms with Crippen LogP contribution in [0.25, 0.3) is 0 Å². The molecular formula is C20H23F3N4O3. The number of carbonyl (C=O) groups is 2. The Bertz CT molecular complexity index is 868. The molecule has 0 atom stereocenters. The Hall–Kier alpha value is -3.19. The first-order chi connectivity index (χ1) is 14.2. The first kappa shape index (κ1) is 23.1. The third-order valence-electron chi connectivity index (χ3n) is 3.97. The van der Waals surface area contributed by atoms with Crippen molar-refractivity contribution >= 4 is 17.5 Å². The van der Waals surface area contributed by atoms with Crippen molar-refractivity contribution in [3.05, 3.63) is 41.2 Å². The summed E-state index contributed by atoms with van der Waals surface area (Å²) in [5.74, 6) is 4.33. The summed E-state index contributed by atoms with van der Waals surface area (Å²) in [6.45, 7) is -1.48. The quantitative estimate of drug-likeness (QED) is 0.247. The van der Waals surface area contributed by atoms with E-state index >= 15 is 0 Å². The third-order valence-corrected chi connectivity index (χ3v) is 3.97. The normalized spacial score (nSPS) is 13.8. The van der Waals surface area contributed by atoms with E-state index < -0.39 is 24.5 Å². The lowest BCUT2D eigenvalue weighted by Gasteiger charge is -2.11. The molecule has 0 heterocycles. The number of nitrogens with one attached hydrogen (secondary N) is 3. The minimum atomic E-state index is -4.52. The lowest BCUT2D eigenvalue weighted by atomic mass is 10.1. The van der Waals surface area contributed by atoms with Crippen molar-refractivity contribution < 1.29 is 27.9 Å². The summed E-state index contributed by atoms with van der Waals surface area (Å²) >= 11 is 0. The van der Waals surface area contributed by atoms with E-state index in [2.05, 4.69) is 22.5 Å². The Balaban J connectivity index is 2.16. The molecule has 2 amide bonds. The number of alkyl halides is 3. The van der Waals surface area contributed by atoms with E-state index in [9.17, 15) is 22.8 Å². The molecule has 162 valence electrons. The number of hydrogen-bond donors (Lipinski definition) is 5. The van der Waals surface area contributed by atoms with E-state index in [0.717, 1.165) is 12.8 Å². The van der Waals surface area contributed by atoms with Gasteiger partial charge in [-0.15, -0.1) is 0 Å². The van der Waals surface area contributed by atoms with Gasteiger partial charge < -0.3 is 26.8 Å². The SMILES string of the molecule is N/C(=C\Nc1ccc(C(=O)NCC(F)(F)F)cc1C#CCCCO)C(=O)NC1CC1. The summed E-state index contributed by atoms with van der Waals surface area (Å²) in [5.41, 5.74) is 6.44. The van der Waals surface area contributed by atoms with Crippen molar-refractivity contribution in [2.75, 3.05) is 18.5 Å². The second-order valence-corrected chi connectivity index (χ2v) is 6.68. The molecule has 0 unspecified atom stereocenters. The number of aliphatic hydroxyl groups excluding tert-OH is 1. The summed E-state index contributed by atoms with van der Waals surface area (Å²) in [5, 5.41) is 16.2. The molecule has 0 aliphatic heterocycles. The zero-order valence-corrected chi connectivity index (χ0v) is 16.1. The summed E-state index contributed by atoms with van der Waals surface area (Å²) in [6.07, 6.45) is -0.559. The van der Waals surface area contributed by atoms with Gasteiger partial charge in [-0.25, -0.2) is 0 Å². The summed E-state index contributed by atoms with van der Waals surface area (Å²) in [4.78, 5) is 23.9. The Morgan fingerprint density at radius 1 is 1.30 bits per heavy atom. The van der Waals surface area contributed by atoms with E-state index in [1.807, 2.05) is 0 Å². The highest BCUT2D eigenvalue weighted by Gasteiger charge is 2.28. The Morgan fingerprint density at radius 3 is 2.67 bits per heavy atom. The van der Waals surface area contributed by atoms with Gasteiger partial charge in [-0.2, -0.15) is 13.2 Å². The number of rotatable bonds is 8. The highest BCUT2D eigenvalue weighted by molar-refractivity contribution is 5.95. The van der Waals surface area contributed by atoms with Crippen molar-refractivity contribution in [1.29, 1.82) is 0 Å². The van der Waals surface area contributed by atoms with E-state index in [4.69, 9.17) is 10.8 Å². The van der Waals surface area contributed by atoms with Crippen LogP contribution in [-0.4, -0.2) is 42.3 Å². The molecular weight excluding hydrogens is 401 g/mol. The van der Waals surface area contributed by atoms with Gasteiger partial charge in [0.15, 0.2) is 0 Å². The van der Waals surface area contributed by atoms with Gasteiger partial charge in [-0.3, -0.25) is 9.59 Å². The fourth-order valence-corrected chi connectivity index (χ4v) is 2.24. The summed E-state index contributed by atoms with van der Waals surface area (Å²) in [7, 11) is 0. The molecule has 30 heavy (non-hydrogen) atoms. The fraction of sp³-hybridized carbons (Fsp3) is 0.400. The third kappa shape index (κ3) is 8.05. The van der Waals surface area contributed by atoms with Gasteiger partial charge in [-0.05, 0) is 37.5 Å². The lowest BCUT2D eigenvalue weighted by Crippen LogP contribution is -2.33. The van der Waals surface area contributed by atoms with Gasteiger partial charge in [0.25, 0.3) is 11.8 Å². The highest BCUT2D eigenvalue weighted by Crippen LogP contribution is 2.20. The molecule has 2 rings (SSSR count). The van der Waals surface area contributed by atoms with E-state index in [-0.39, 0.29) is 23.9 Å². The maximum absolute atomic E-state index is 12.3. The largest absolute Gasteiger partial charge is 0.405 e. The molecule has 7 nitrogen and oxygen atoms in total. The van der Waals surface area contributed by atoms with Gasteiger partial charge in [-0.1, -0.05) is 11.8 Å². The number of halogens is 3. The Kier molecular flexibility index (Phi) is 8.12. The number of aliphatic hydroxyl groups is 1. The molecule has 0 spiro atoms. The monoisotopic (exact) mass is 424 g/mol. The Morgan fingerprint density at radius 2 is 2.03 bits per heavy atom. The second-order valence-electron chi connectivity index (χ2n) is 6.68. The number of anilines is 1. The minimum absolute atomic E-state index is 0.000291. The molecule has 1 saturated carbocycles. The molecule has 6 N–H and O–H groups in total. The smallest absolute Gasteiger partial charge is 0.396 e. The number of nitrogens with two attached hydrogens (primary N) is 1. The Labute approximate surface area is 171 Å². The van der Waals surface area contributed by atoms with Gasteiger partial charge in [0, 0.05) is 36.4 Å². The van der Waals surface area contributed by atoms with Crippen molar-refractivity contribution in [3.8, 4) is 11.8 Å². The highest BCUT2D eigenvalue weighted by atomic mass is 19.4. The van der Waals surface area contributed by atoms with Gasteiger partial charge in [0.05, 0.1) is 5.69 Å². The summed E-state index contributed by atoms with van der Waals surface area (Å²) in [6, 6.07) is 4.28. The number of carbonyl (C=O) groups excluding carboxylic acids is 2. The van der Waals surface area contributed by atoms with Crippen LogP contribution in [0.2, 0.25) is 0 Å². The van der Waals surface area contributed by atoms with Gasteiger partial charge in [0.2, 0.25) is 0 Å². The minimum Gasteiger partial charge on any atom is -0.396 e. The van der Waals surface area contributed by atoms with Crippen LogP contribution in [0.15, 0.2) is 30.1 Å². The molecule has 1 aromatic rings. The average Bonchev–Trinajstić information content (AvgIpc) is 3.51. The van der Waals surface area contributed by atoms with E-state index in [1.165, 1.54) is 24.4 Å². The first-order valence-electron chi connectivity index (χ1n) is 9.31. The van der Waals surface area contributed by atoms with Crippen LogP contribution < -0.4 is 21.7 Å². The lowest BCUT2D eigenvalue weighted by molar-refractivity contribution is -0.123. The van der Waals surface area contributed by atoms with Gasteiger partial charge in [0.1, 0.15) is 12.2 Å². The number of benzene rings is 1. The standard InChI is InChI=1S/C20H23F3N4O3/c21-20(22,23)12-26-18(29)14-5-8-17(13(10-14)4-2-1-3-9-28)25-11-16(24)19(30)27-15-6-7-15/h5,8,10-11,15,25,28H,1,3,6-7,9,12,24H2,(H,26,29)(H,27,30)/b16-11-. The van der Waals surface area contributed by atoms with Crippen molar-refractivity contribution in [1.82, 2.24) is 10.6 Å². The molecule has 1 aromatic carbocycles. The molecule has 0 aromatic heterocycles. The predicted octanol–water partition coefficient (Wildman–Crippen LogP) is 1.59. The van der Waals surface area contributed by atoms with Crippen LogP contribution in [0, 0.1) is 11.8 Å². The first-order valence-corrected chi connectivity index (χ1v) is 9.31. The van der Waals surface area contributed by atoms with E-state index in [1.54, 1.807) is 5.32 Å². The zero-order chi connectivity index (χ0) is 22.1. The van der Waals surface area contributed by atoms with Crippen LogP contribution in [0.1, 0.15) is 41.6 Å². The molecule has 1 aliphatic rings. The van der Waals surface area contributed by atoms with Crippen LogP contribution in [0.4, 0.5) is 18.9 Å². The van der Waals surface area contributed by atoms with Crippen molar-refractivity contribution in [2.45, 2.75) is 37.9 Å². The van der Waals surface area contributed by atoms with Gasteiger partial charge >= 0.3 is 6.18 Å². The van der Waals surface area contributed by atoms with Crippen LogP contribution >= 0.6 is 0 Å². The molecule has 0 bridgehead atoms. The van der Waals surface area contributed by atoms with Crippen LogP contribution in [-0.2, 0) is 4.79 Å². The molecule has 10 heteroatoms. The summed E-state index contributed by atoms with van der Waals surface area (Å²) < 4.78 is 37.0. The maximum atomic E-state index is 12.3. The number of amides is 2. The molecule has 0 saturated heterocycles. The maximum Gasteiger partial charge on any atom is 0.405 e. The topological polar surface area (TPSA) is 116 Å². The zero-order valence-electron chi connectivity index (χ0n) is 16.1. The van der Waals surface area contributed by atoms with E-state index in [0.29, 0.717) is 24.1 Å². The van der Waals surface area contributed by atoms with Crippen molar-refractivity contribution in [2.24, 2.45) is 5.73 Å².